The van der Waals surface area contributed by atoms with E-state index in [-0.39, 0.29) is 12.1 Å². The highest BCUT2D eigenvalue weighted by molar-refractivity contribution is 5.14. The van der Waals surface area contributed by atoms with E-state index in [4.69, 9.17) is 4.74 Å². The van der Waals surface area contributed by atoms with Gasteiger partial charge in [-0.2, -0.15) is 5.10 Å². The standard InChI is InChI=1S/C13H25N3O/c1-6-11-8-13(16(7-2)15-11)12(14-5)9-17-10(3)4/h8,10,12,14H,6-7,9H2,1-5H3. The Bertz CT molecular complexity index is 333. The minimum absolute atomic E-state index is 0.213. The number of aryl methyl sites for hydroxylation is 2. The summed E-state index contributed by atoms with van der Waals surface area (Å²) in [5.41, 5.74) is 2.36. The number of nitrogens with one attached hydrogen (secondary N) is 1. The van der Waals surface area contributed by atoms with Gasteiger partial charge in [-0.25, -0.2) is 0 Å². The molecule has 98 valence electrons. The number of likely N-dealkylation sites (N-methyl/N-ethyl adjacent to an activating group) is 1. The monoisotopic (exact) mass is 239 g/mol. The number of aromatic nitrogens is 2. The highest BCUT2D eigenvalue weighted by atomic mass is 16.5. The van der Waals surface area contributed by atoms with Crippen LogP contribution in [0.3, 0.4) is 0 Å². The average Bonchev–Trinajstić information content (AvgIpc) is 2.73. The van der Waals surface area contributed by atoms with Gasteiger partial charge in [0.25, 0.3) is 0 Å². The summed E-state index contributed by atoms with van der Waals surface area (Å²) in [6.07, 6.45) is 1.23. The van der Waals surface area contributed by atoms with E-state index in [1.807, 2.05) is 7.05 Å². The van der Waals surface area contributed by atoms with Crippen molar-refractivity contribution in [2.75, 3.05) is 13.7 Å². The smallest absolute Gasteiger partial charge is 0.0727 e. The zero-order valence-corrected chi connectivity index (χ0v) is 11.7. The van der Waals surface area contributed by atoms with Gasteiger partial charge >= 0.3 is 0 Å². The molecule has 0 radical (unpaired) electrons. The number of hydrogen-bond donors (Lipinski definition) is 1. The summed E-state index contributed by atoms with van der Waals surface area (Å²) >= 11 is 0. The molecular weight excluding hydrogens is 214 g/mol. The van der Waals surface area contributed by atoms with Crippen LogP contribution in [0.2, 0.25) is 0 Å². The third-order valence-corrected chi connectivity index (χ3v) is 2.83. The zero-order valence-electron chi connectivity index (χ0n) is 11.7. The SMILES string of the molecule is CCc1cc(C(COC(C)C)NC)n(CC)n1. The predicted octanol–water partition coefficient (Wildman–Crippen LogP) is 2.15. The molecular formula is C13H25N3O. The molecule has 1 heterocycles. The van der Waals surface area contributed by atoms with Gasteiger partial charge in [0.05, 0.1) is 30.1 Å². The minimum Gasteiger partial charge on any atom is -0.377 e. The zero-order chi connectivity index (χ0) is 12.8. The van der Waals surface area contributed by atoms with Gasteiger partial charge < -0.3 is 10.1 Å². The topological polar surface area (TPSA) is 39.1 Å². The third-order valence-electron chi connectivity index (χ3n) is 2.83. The fourth-order valence-electron chi connectivity index (χ4n) is 1.80. The van der Waals surface area contributed by atoms with Gasteiger partial charge in [-0.05, 0) is 40.3 Å². The van der Waals surface area contributed by atoms with Crippen molar-refractivity contribution in [1.82, 2.24) is 15.1 Å². The quantitative estimate of drug-likeness (QED) is 0.792. The van der Waals surface area contributed by atoms with Crippen molar-refractivity contribution < 1.29 is 4.74 Å². The summed E-state index contributed by atoms with van der Waals surface area (Å²) in [4.78, 5) is 0. The van der Waals surface area contributed by atoms with Gasteiger partial charge in [0, 0.05) is 6.54 Å². The first kappa shape index (κ1) is 14.2. The molecule has 1 rings (SSSR count). The summed E-state index contributed by atoms with van der Waals surface area (Å²) in [6.45, 7) is 9.94. The summed E-state index contributed by atoms with van der Waals surface area (Å²) in [5.74, 6) is 0. The molecule has 0 saturated heterocycles. The normalized spacial score (nSPS) is 13.3. The van der Waals surface area contributed by atoms with Crippen molar-refractivity contribution in [2.24, 2.45) is 0 Å². The fourth-order valence-corrected chi connectivity index (χ4v) is 1.80. The fraction of sp³-hybridized carbons (Fsp3) is 0.769. The van der Waals surface area contributed by atoms with Crippen LogP contribution in [0.4, 0.5) is 0 Å². The van der Waals surface area contributed by atoms with E-state index in [0.29, 0.717) is 6.61 Å². The first-order valence-corrected chi connectivity index (χ1v) is 6.47. The number of nitrogens with zero attached hydrogens (tertiary/aromatic N) is 2. The summed E-state index contributed by atoms with van der Waals surface area (Å²) in [6, 6.07) is 2.39. The third kappa shape index (κ3) is 3.82. The summed E-state index contributed by atoms with van der Waals surface area (Å²) in [7, 11) is 1.97. The van der Waals surface area contributed by atoms with Crippen LogP contribution in [-0.2, 0) is 17.7 Å². The molecule has 17 heavy (non-hydrogen) atoms. The van der Waals surface area contributed by atoms with E-state index in [2.05, 4.69) is 48.9 Å². The van der Waals surface area contributed by atoms with Crippen LogP contribution in [0.5, 0.6) is 0 Å². The van der Waals surface area contributed by atoms with E-state index < -0.39 is 0 Å². The molecule has 0 spiro atoms. The van der Waals surface area contributed by atoms with Crippen LogP contribution in [-0.4, -0.2) is 29.5 Å². The van der Waals surface area contributed by atoms with Crippen LogP contribution in [0.1, 0.15) is 45.1 Å². The number of ether oxygens (including phenoxy) is 1. The van der Waals surface area contributed by atoms with E-state index in [0.717, 1.165) is 18.7 Å². The molecule has 0 aliphatic heterocycles. The highest BCUT2D eigenvalue weighted by Gasteiger charge is 2.16. The lowest BCUT2D eigenvalue weighted by molar-refractivity contribution is 0.0609. The second-order valence-electron chi connectivity index (χ2n) is 4.45. The Labute approximate surface area is 104 Å². The Morgan fingerprint density at radius 1 is 1.41 bits per heavy atom. The van der Waals surface area contributed by atoms with Gasteiger partial charge in [-0.15, -0.1) is 0 Å². The van der Waals surface area contributed by atoms with Crippen LogP contribution < -0.4 is 5.32 Å². The van der Waals surface area contributed by atoms with Crippen LogP contribution in [0, 0.1) is 0 Å². The Kier molecular flexibility index (Phi) is 5.65. The molecule has 0 fully saturated rings. The van der Waals surface area contributed by atoms with E-state index in [1.165, 1.54) is 5.69 Å². The molecule has 0 aliphatic carbocycles. The molecule has 0 aliphatic rings. The lowest BCUT2D eigenvalue weighted by atomic mass is 10.2. The van der Waals surface area contributed by atoms with Crippen molar-refractivity contribution in [3.8, 4) is 0 Å². The Morgan fingerprint density at radius 2 is 2.12 bits per heavy atom. The van der Waals surface area contributed by atoms with Crippen molar-refractivity contribution in [2.45, 2.75) is 52.8 Å². The largest absolute Gasteiger partial charge is 0.377 e. The Morgan fingerprint density at radius 3 is 2.59 bits per heavy atom. The van der Waals surface area contributed by atoms with Gasteiger partial charge in [0.2, 0.25) is 0 Å². The molecule has 1 atom stereocenters. The number of rotatable bonds is 7. The molecule has 0 aromatic carbocycles. The lowest BCUT2D eigenvalue weighted by Crippen LogP contribution is -2.26. The van der Waals surface area contributed by atoms with Gasteiger partial charge in [0.15, 0.2) is 0 Å². The molecule has 0 bridgehead atoms. The molecule has 0 amide bonds. The van der Waals surface area contributed by atoms with Crippen molar-refractivity contribution in [3.63, 3.8) is 0 Å². The Hall–Kier alpha value is -0.870. The molecule has 1 unspecified atom stereocenters. The lowest BCUT2D eigenvalue weighted by Gasteiger charge is -2.19. The second-order valence-corrected chi connectivity index (χ2v) is 4.45. The molecule has 1 N–H and O–H groups in total. The van der Waals surface area contributed by atoms with Crippen molar-refractivity contribution >= 4 is 0 Å². The first-order chi connectivity index (χ1) is 8.12. The maximum atomic E-state index is 5.69. The minimum atomic E-state index is 0.213. The van der Waals surface area contributed by atoms with Crippen LogP contribution in [0.25, 0.3) is 0 Å². The summed E-state index contributed by atoms with van der Waals surface area (Å²) < 4.78 is 7.75. The van der Waals surface area contributed by atoms with Gasteiger partial charge in [-0.3, -0.25) is 4.68 Å². The average molecular weight is 239 g/mol. The second kappa shape index (κ2) is 6.77. The molecule has 0 saturated carbocycles. The molecule has 4 heteroatoms. The number of hydrogen-bond acceptors (Lipinski definition) is 3. The first-order valence-electron chi connectivity index (χ1n) is 6.47. The maximum absolute atomic E-state index is 5.69. The van der Waals surface area contributed by atoms with Crippen molar-refractivity contribution in [3.05, 3.63) is 17.5 Å². The molecule has 1 aromatic heterocycles. The summed E-state index contributed by atoms with van der Waals surface area (Å²) in [5, 5.41) is 7.86. The highest BCUT2D eigenvalue weighted by Crippen LogP contribution is 2.16. The van der Waals surface area contributed by atoms with Gasteiger partial charge in [-0.1, -0.05) is 6.92 Å². The van der Waals surface area contributed by atoms with E-state index in [9.17, 15) is 0 Å². The van der Waals surface area contributed by atoms with Crippen LogP contribution in [0.15, 0.2) is 6.07 Å². The Balaban J connectivity index is 2.82. The van der Waals surface area contributed by atoms with Crippen LogP contribution >= 0.6 is 0 Å². The predicted molar refractivity (Wildman–Crippen MR) is 70.2 cm³/mol. The van der Waals surface area contributed by atoms with Gasteiger partial charge in [0.1, 0.15) is 0 Å². The molecule has 4 nitrogen and oxygen atoms in total. The molecule has 1 aromatic rings. The van der Waals surface area contributed by atoms with E-state index in [1.54, 1.807) is 0 Å². The van der Waals surface area contributed by atoms with Crippen molar-refractivity contribution in [1.29, 1.82) is 0 Å². The van der Waals surface area contributed by atoms with E-state index >= 15 is 0 Å². The maximum Gasteiger partial charge on any atom is 0.0727 e.